The number of nitrogens with one attached hydrogen (secondary N) is 1. The van der Waals surface area contributed by atoms with Gasteiger partial charge in [0.2, 0.25) is 5.91 Å². The fraction of sp³-hybridized carbons (Fsp3) is 0.0800. The summed E-state index contributed by atoms with van der Waals surface area (Å²) in [4.78, 5) is 12.6. The fourth-order valence-corrected chi connectivity index (χ4v) is 3.84. The predicted octanol–water partition coefficient (Wildman–Crippen LogP) is 7.57. The van der Waals surface area contributed by atoms with Crippen LogP contribution in [0.2, 0.25) is 5.02 Å². The van der Waals surface area contributed by atoms with E-state index in [1.807, 2.05) is 55.5 Å². The molecule has 0 bridgehead atoms. The van der Waals surface area contributed by atoms with E-state index in [9.17, 15) is 4.79 Å². The normalized spacial score (nSPS) is 11.5. The van der Waals surface area contributed by atoms with Crippen molar-refractivity contribution in [3.63, 3.8) is 0 Å². The number of carbonyl (C=O) groups excluding carboxylic acids is 1. The molecule has 0 spiro atoms. The Bertz CT molecular complexity index is 1290. The van der Waals surface area contributed by atoms with Crippen molar-refractivity contribution in [3.8, 4) is 16.9 Å². The molecule has 4 aromatic rings. The second-order valence-corrected chi connectivity index (χ2v) is 8.32. The molecule has 0 saturated heterocycles. The van der Waals surface area contributed by atoms with Crippen LogP contribution in [-0.2, 0) is 4.79 Å². The topological polar surface area (TPSA) is 51.5 Å². The summed E-state index contributed by atoms with van der Waals surface area (Å²) in [5.74, 6) is 0.358. The van der Waals surface area contributed by atoms with Crippen LogP contribution in [0, 0.1) is 0 Å². The number of halogens is 2. The van der Waals surface area contributed by atoms with Crippen molar-refractivity contribution in [2.45, 2.75) is 6.92 Å². The van der Waals surface area contributed by atoms with Gasteiger partial charge >= 0.3 is 0 Å². The molecule has 6 heteroatoms. The Labute approximate surface area is 193 Å². The van der Waals surface area contributed by atoms with Crippen LogP contribution < -0.4 is 10.1 Å². The maximum atomic E-state index is 12.6. The number of carbonyl (C=O) groups is 1. The number of fused-ring (bicyclic) bond motifs is 1. The lowest BCUT2D eigenvalue weighted by Gasteiger charge is -2.10. The van der Waals surface area contributed by atoms with Gasteiger partial charge in [0.25, 0.3) is 0 Å². The quantitative estimate of drug-likeness (QED) is 0.290. The number of hydrogen-bond donors (Lipinski definition) is 1. The highest BCUT2D eigenvalue weighted by atomic mass is 79.9. The number of allylic oxidation sites excluding steroid dienone is 1. The first kappa shape index (κ1) is 21.2. The zero-order chi connectivity index (χ0) is 22.0. The monoisotopic (exact) mass is 495 g/mol. The standard InChI is InChI=1S/C25H19BrClNO3/c1-15(11-25(29)28-22-6-4-3-5-21(22)27)18-12-19-20(16-7-9-17(26)10-8-16)14-31-24(19)13-23(18)30-2/h3-14H,1-2H3,(H,28,29)/b15-11+. The van der Waals surface area contributed by atoms with Crippen LogP contribution in [0.25, 0.3) is 27.7 Å². The summed E-state index contributed by atoms with van der Waals surface area (Å²) >= 11 is 9.60. The van der Waals surface area contributed by atoms with Gasteiger partial charge in [-0.3, -0.25) is 4.79 Å². The van der Waals surface area contributed by atoms with Crippen LogP contribution in [0.5, 0.6) is 5.75 Å². The molecule has 0 atom stereocenters. The number of furan rings is 1. The Balaban J connectivity index is 1.72. The summed E-state index contributed by atoms with van der Waals surface area (Å²) in [6.45, 7) is 1.87. The van der Waals surface area contributed by atoms with Crippen LogP contribution in [0.4, 0.5) is 5.69 Å². The Morgan fingerprint density at radius 2 is 1.87 bits per heavy atom. The minimum Gasteiger partial charge on any atom is -0.496 e. The highest BCUT2D eigenvalue weighted by Gasteiger charge is 2.15. The van der Waals surface area contributed by atoms with Gasteiger partial charge in [-0.15, -0.1) is 0 Å². The van der Waals surface area contributed by atoms with Crippen molar-refractivity contribution in [3.05, 3.63) is 88.1 Å². The summed E-state index contributed by atoms with van der Waals surface area (Å²) in [6.07, 6.45) is 3.27. The number of ether oxygens (including phenoxy) is 1. The third kappa shape index (κ3) is 4.53. The summed E-state index contributed by atoms with van der Waals surface area (Å²) in [5, 5.41) is 4.24. The lowest BCUT2D eigenvalue weighted by molar-refractivity contribution is -0.111. The third-order valence-corrected chi connectivity index (χ3v) is 5.81. The smallest absolute Gasteiger partial charge is 0.248 e. The van der Waals surface area contributed by atoms with Gasteiger partial charge in [0.05, 0.1) is 24.1 Å². The second kappa shape index (κ2) is 9.00. The number of benzene rings is 3. The third-order valence-electron chi connectivity index (χ3n) is 4.96. The van der Waals surface area contributed by atoms with Crippen molar-refractivity contribution in [1.82, 2.24) is 0 Å². The van der Waals surface area contributed by atoms with E-state index in [1.54, 1.807) is 25.5 Å². The number of para-hydroxylation sites is 1. The molecule has 1 amide bonds. The largest absolute Gasteiger partial charge is 0.496 e. The molecule has 31 heavy (non-hydrogen) atoms. The molecule has 0 radical (unpaired) electrons. The van der Waals surface area contributed by atoms with E-state index in [-0.39, 0.29) is 5.91 Å². The lowest BCUT2D eigenvalue weighted by Crippen LogP contribution is -2.09. The highest BCUT2D eigenvalue weighted by Crippen LogP contribution is 2.37. The van der Waals surface area contributed by atoms with Gasteiger partial charge < -0.3 is 14.5 Å². The summed E-state index contributed by atoms with van der Waals surface area (Å²) in [5.41, 5.74) is 4.85. The molecule has 0 unspecified atom stereocenters. The maximum Gasteiger partial charge on any atom is 0.248 e. The molecule has 0 aliphatic carbocycles. The van der Waals surface area contributed by atoms with Gasteiger partial charge in [-0.05, 0) is 48.4 Å². The molecule has 4 rings (SSSR count). The molecule has 0 aliphatic heterocycles. The first-order valence-corrected chi connectivity index (χ1v) is 10.7. The Kier molecular flexibility index (Phi) is 6.16. The molecule has 1 aromatic heterocycles. The fourth-order valence-electron chi connectivity index (χ4n) is 3.39. The van der Waals surface area contributed by atoms with Gasteiger partial charge in [0.15, 0.2) is 0 Å². The van der Waals surface area contributed by atoms with Crippen LogP contribution in [0.3, 0.4) is 0 Å². The number of methoxy groups -OCH3 is 1. The zero-order valence-corrected chi connectivity index (χ0v) is 19.3. The van der Waals surface area contributed by atoms with E-state index in [2.05, 4.69) is 21.2 Å². The molecule has 0 fully saturated rings. The average molecular weight is 497 g/mol. The SMILES string of the molecule is COc1cc2occ(-c3ccc(Br)cc3)c2cc1/C(C)=C/C(=O)Nc1ccccc1Cl. The van der Waals surface area contributed by atoms with Crippen LogP contribution in [0.1, 0.15) is 12.5 Å². The first-order valence-electron chi connectivity index (χ1n) is 9.55. The Morgan fingerprint density at radius 1 is 1.13 bits per heavy atom. The van der Waals surface area contributed by atoms with Gasteiger partial charge in [0, 0.05) is 33.1 Å². The maximum absolute atomic E-state index is 12.6. The average Bonchev–Trinajstić information content (AvgIpc) is 3.17. The van der Waals surface area contributed by atoms with Crippen molar-refractivity contribution in [2.75, 3.05) is 12.4 Å². The highest BCUT2D eigenvalue weighted by molar-refractivity contribution is 9.10. The van der Waals surface area contributed by atoms with Crippen molar-refractivity contribution in [2.24, 2.45) is 0 Å². The van der Waals surface area contributed by atoms with Crippen LogP contribution >= 0.6 is 27.5 Å². The van der Waals surface area contributed by atoms with Crippen molar-refractivity contribution in [1.29, 1.82) is 0 Å². The van der Waals surface area contributed by atoms with E-state index < -0.39 is 0 Å². The molecule has 1 heterocycles. The minimum atomic E-state index is -0.270. The Hall–Kier alpha value is -3.02. The first-order chi connectivity index (χ1) is 15.0. The molecule has 1 N–H and O–H groups in total. The van der Waals surface area contributed by atoms with E-state index in [1.165, 1.54) is 6.08 Å². The molecule has 4 nitrogen and oxygen atoms in total. The molecular formula is C25H19BrClNO3. The lowest BCUT2D eigenvalue weighted by atomic mass is 9.99. The van der Waals surface area contributed by atoms with E-state index >= 15 is 0 Å². The van der Waals surface area contributed by atoms with Gasteiger partial charge in [-0.1, -0.05) is 51.8 Å². The molecule has 156 valence electrons. The zero-order valence-electron chi connectivity index (χ0n) is 16.9. The summed E-state index contributed by atoms with van der Waals surface area (Å²) in [6, 6.07) is 19.0. The second-order valence-electron chi connectivity index (χ2n) is 7.00. The van der Waals surface area contributed by atoms with Gasteiger partial charge in [0.1, 0.15) is 11.3 Å². The minimum absolute atomic E-state index is 0.270. The van der Waals surface area contributed by atoms with Crippen LogP contribution in [0.15, 0.2) is 81.9 Å². The molecular weight excluding hydrogens is 478 g/mol. The van der Waals surface area contributed by atoms with Crippen LogP contribution in [-0.4, -0.2) is 13.0 Å². The number of amides is 1. The number of rotatable bonds is 5. The van der Waals surface area contributed by atoms with E-state index in [4.69, 9.17) is 20.8 Å². The summed E-state index contributed by atoms with van der Waals surface area (Å²) < 4.78 is 12.4. The number of anilines is 1. The molecule has 0 aliphatic rings. The molecule has 0 saturated carbocycles. The van der Waals surface area contributed by atoms with Crippen molar-refractivity contribution >= 4 is 55.7 Å². The van der Waals surface area contributed by atoms with Crippen molar-refractivity contribution < 1.29 is 13.9 Å². The van der Waals surface area contributed by atoms with Gasteiger partial charge in [-0.25, -0.2) is 0 Å². The van der Waals surface area contributed by atoms with E-state index in [0.29, 0.717) is 22.0 Å². The Morgan fingerprint density at radius 3 is 2.58 bits per heavy atom. The summed E-state index contributed by atoms with van der Waals surface area (Å²) in [7, 11) is 1.60. The number of hydrogen-bond acceptors (Lipinski definition) is 3. The van der Waals surface area contributed by atoms with E-state index in [0.717, 1.165) is 32.1 Å². The van der Waals surface area contributed by atoms with Gasteiger partial charge in [-0.2, -0.15) is 0 Å². The molecule has 3 aromatic carbocycles. The predicted molar refractivity (Wildman–Crippen MR) is 130 cm³/mol.